The Labute approximate surface area is 132 Å². The van der Waals surface area contributed by atoms with Crippen molar-refractivity contribution >= 4 is 27.5 Å². The minimum atomic E-state index is 0.493. The quantitative estimate of drug-likeness (QED) is 0.905. The summed E-state index contributed by atoms with van der Waals surface area (Å²) in [5.74, 6) is 0.745. The van der Waals surface area contributed by atoms with Crippen molar-refractivity contribution < 1.29 is 0 Å². The standard InChI is InChI=1S/C15H20BrN5/c1-20-11-4-2-5-12(20)9-10(8-11)17-15-18-14-13(16)6-3-7-21(14)19-15/h3,6-7,10-12H,2,4-5,8-9H2,1H3,(H,17,19). The molecule has 0 radical (unpaired) electrons. The number of hydrogen-bond donors (Lipinski definition) is 1. The fourth-order valence-electron chi connectivity index (χ4n) is 3.85. The number of halogens is 1. The molecule has 4 rings (SSSR count). The van der Waals surface area contributed by atoms with Gasteiger partial charge < -0.3 is 10.2 Å². The highest BCUT2D eigenvalue weighted by molar-refractivity contribution is 9.10. The lowest BCUT2D eigenvalue weighted by molar-refractivity contribution is 0.0607. The molecule has 2 unspecified atom stereocenters. The zero-order valence-corrected chi connectivity index (χ0v) is 13.8. The van der Waals surface area contributed by atoms with Gasteiger partial charge in [0, 0.05) is 24.3 Å². The van der Waals surface area contributed by atoms with E-state index in [1.54, 1.807) is 0 Å². The van der Waals surface area contributed by atoms with Gasteiger partial charge in [-0.25, -0.2) is 4.52 Å². The maximum absolute atomic E-state index is 4.60. The number of piperidine rings is 2. The number of fused-ring (bicyclic) bond motifs is 3. The van der Waals surface area contributed by atoms with Gasteiger partial charge in [0.05, 0.1) is 4.47 Å². The molecule has 2 atom stereocenters. The van der Waals surface area contributed by atoms with Crippen molar-refractivity contribution in [1.82, 2.24) is 19.5 Å². The van der Waals surface area contributed by atoms with Crippen LogP contribution in [0.4, 0.5) is 5.95 Å². The summed E-state index contributed by atoms with van der Waals surface area (Å²) in [4.78, 5) is 7.18. The predicted octanol–water partition coefficient (Wildman–Crippen LogP) is 2.92. The van der Waals surface area contributed by atoms with Crippen molar-refractivity contribution in [3.8, 4) is 0 Å². The molecule has 0 spiro atoms. The summed E-state index contributed by atoms with van der Waals surface area (Å²) < 4.78 is 2.80. The average Bonchev–Trinajstić information content (AvgIpc) is 2.84. The van der Waals surface area contributed by atoms with Gasteiger partial charge in [-0.15, -0.1) is 5.10 Å². The molecular weight excluding hydrogens is 330 g/mol. The van der Waals surface area contributed by atoms with E-state index in [1.807, 2.05) is 22.8 Å². The number of hydrogen-bond acceptors (Lipinski definition) is 4. The van der Waals surface area contributed by atoms with Gasteiger partial charge in [-0.2, -0.15) is 4.98 Å². The van der Waals surface area contributed by atoms with E-state index in [0.717, 1.165) is 28.2 Å². The van der Waals surface area contributed by atoms with Crippen LogP contribution in [0.3, 0.4) is 0 Å². The third-order valence-electron chi connectivity index (χ3n) is 4.99. The molecule has 0 saturated carbocycles. The minimum absolute atomic E-state index is 0.493. The van der Waals surface area contributed by atoms with E-state index in [2.05, 4.69) is 43.3 Å². The summed E-state index contributed by atoms with van der Waals surface area (Å²) in [6.45, 7) is 0. The van der Waals surface area contributed by atoms with Gasteiger partial charge in [-0.05, 0) is 60.8 Å². The number of pyridine rings is 1. The van der Waals surface area contributed by atoms with Crippen LogP contribution in [0.5, 0.6) is 0 Å². The van der Waals surface area contributed by atoms with E-state index in [1.165, 1.54) is 32.1 Å². The van der Waals surface area contributed by atoms with E-state index in [9.17, 15) is 0 Å². The molecule has 0 aromatic carbocycles. The second kappa shape index (κ2) is 5.25. The van der Waals surface area contributed by atoms with Crippen LogP contribution in [0.15, 0.2) is 22.8 Å². The van der Waals surface area contributed by atoms with Gasteiger partial charge in [0.2, 0.25) is 5.95 Å². The van der Waals surface area contributed by atoms with E-state index in [-0.39, 0.29) is 0 Å². The van der Waals surface area contributed by atoms with Crippen LogP contribution in [-0.2, 0) is 0 Å². The molecule has 1 N–H and O–H groups in total. The fourth-order valence-corrected chi connectivity index (χ4v) is 4.27. The molecule has 2 aromatic rings. The molecule has 2 aliphatic heterocycles. The Morgan fingerprint density at radius 1 is 1.29 bits per heavy atom. The molecule has 2 aliphatic rings. The highest BCUT2D eigenvalue weighted by Gasteiger charge is 2.36. The van der Waals surface area contributed by atoms with Gasteiger partial charge in [0.1, 0.15) is 0 Å². The molecule has 2 bridgehead atoms. The molecule has 0 aliphatic carbocycles. The van der Waals surface area contributed by atoms with Gasteiger partial charge in [-0.3, -0.25) is 0 Å². The Morgan fingerprint density at radius 3 is 2.76 bits per heavy atom. The molecule has 2 fully saturated rings. The van der Waals surface area contributed by atoms with Crippen LogP contribution in [0, 0.1) is 0 Å². The molecule has 0 amide bonds. The second-order valence-corrected chi connectivity index (χ2v) is 7.13. The molecule has 6 heteroatoms. The molecule has 5 nitrogen and oxygen atoms in total. The first-order valence-electron chi connectivity index (χ1n) is 7.70. The molecule has 2 aromatic heterocycles. The Balaban J connectivity index is 1.54. The zero-order valence-electron chi connectivity index (χ0n) is 12.2. The molecule has 112 valence electrons. The van der Waals surface area contributed by atoms with Gasteiger partial charge in [-0.1, -0.05) is 6.42 Å². The Hall–Kier alpha value is -1.14. The first-order valence-corrected chi connectivity index (χ1v) is 8.49. The van der Waals surface area contributed by atoms with Gasteiger partial charge in [0.15, 0.2) is 5.65 Å². The van der Waals surface area contributed by atoms with Crippen LogP contribution in [0.1, 0.15) is 32.1 Å². The molecule has 21 heavy (non-hydrogen) atoms. The average molecular weight is 350 g/mol. The van der Waals surface area contributed by atoms with Crippen molar-refractivity contribution in [2.24, 2.45) is 0 Å². The predicted molar refractivity (Wildman–Crippen MR) is 86.5 cm³/mol. The van der Waals surface area contributed by atoms with Crippen molar-refractivity contribution in [2.45, 2.75) is 50.2 Å². The van der Waals surface area contributed by atoms with E-state index in [4.69, 9.17) is 0 Å². The zero-order chi connectivity index (χ0) is 14.4. The lowest BCUT2D eigenvalue weighted by Gasteiger charge is -2.47. The summed E-state index contributed by atoms with van der Waals surface area (Å²) in [5, 5.41) is 8.09. The van der Waals surface area contributed by atoms with Crippen molar-refractivity contribution in [3.63, 3.8) is 0 Å². The Bertz CT molecular complexity index is 641. The Kier molecular flexibility index (Phi) is 3.38. The molecule has 2 saturated heterocycles. The number of aromatic nitrogens is 3. The van der Waals surface area contributed by atoms with E-state index in [0.29, 0.717) is 6.04 Å². The third-order valence-corrected chi connectivity index (χ3v) is 5.61. The summed E-state index contributed by atoms with van der Waals surface area (Å²) >= 11 is 3.52. The van der Waals surface area contributed by atoms with Gasteiger partial charge >= 0.3 is 0 Å². The lowest BCUT2D eigenvalue weighted by atomic mass is 9.82. The van der Waals surface area contributed by atoms with Crippen LogP contribution < -0.4 is 5.32 Å². The molecular formula is C15H20BrN5. The largest absolute Gasteiger partial charge is 0.350 e. The fraction of sp³-hybridized carbons (Fsp3) is 0.600. The van der Waals surface area contributed by atoms with Crippen LogP contribution >= 0.6 is 15.9 Å². The SMILES string of the molecule is CN1C2CCCC1CC(Nc1nc3c(Br)cccn3n1)C2. The highest BCUT2D eigenvalue weighted by Crippen LogP contribution is 2.33. The maximum atomic E-state index is 4.60. The minimum Gasteiger partial charge on any atom is -0.350 e. The van der Waals surface area contributed by atoms with Crippen LogP contribution in [0.25, 0.3) is 5.65 Å². The first-order chi connectivity index (χ1) is 10.2. The number of anilines is 1. The van der Waals surface area contributed by atoms with Crippen molar-refractivity contribution in [3.05, 3.63) is 22.8 Å². The smallest absolute Gasteiger partial charge is 0.243 e. The summed E-state index contributed by atoms with van der Waals surface area (Å²) in [6.07, 6.45) is 8.37. The van der Waals surface area contributed by atoms with Crippen molar-refractivity contribution in [1.29, 1.82) is 0 Å². The lowest BCUT2D eigenvalue weighted by Crippen LogP contribution is -2.52. The van der Waals surface area contributed by atoms with Crippen LogP contribution in [-0.4, -0.2) is 44.7 Å². The highest BCUT2D eigenvalue weighted by atomic mass is 79.9. The van der Waals surface area contributed by atoms with Crippen molar-refractivity contribution in [2.75, 3.05) is 12.4 Å². The van der Waals surface area contributed by atoms with Crippen LogP contribution in [0.2, 0.25) is 0 Å². The Morgan fingerprint density at radius 2 is 2.05 bits per heavy atom. The summed E-state index contributed by atoms with van der Waals surface area (Å²) in [6, 6.07) is 5.90. The number of nitrogens with zero attached hydrogens (tertiary/aromatic N) is 4. The maximum Gasteiger partial charge on any atom is 0.243 e. The normalized spacial score (nSPS) is 29.7. The summed E-state index contributed by atoms with van der Waals surface area (Å²) in [5.41, 5.74) is 0.869. The van der Waals surface area contributed by atoms with Gasteiger partial charge in [0.25, 0.3) is 0 Å². The second-order valence-electron chi connectivity index (χ2n) is 6.28. The first kappa shape index (κ1) is 13.5. The third kappa shape index (κ3) is 2.44. The summed E-state index contributed by atoms with van der Waals surface area (Å²) in [7, 11) is 2.28. The van der Waals surface area contributed by atoms with E-state index >= 15 is 0 Å². The van der Waals surface area contributed by atoms with E-state index < -0.39 is 0 Å². The molecule has 4 heterocycles. The topological polar surface area (TPSA) is 45.5 Å². The number of nitrogens with one attached hydrogen (secondary N) is 1. The number of rotatable bonds is 2. The monoisotopic (exact) mass is 349 g/mol.